The van der Waals surface area contributed by atoms with E-state index in [9.17, 15) is 9.90 Å². The van der Waals surface area contributed by atoms with Crippen LogP contribution in [0.5, 0.6) is 0 Å². The molecule has 0 unspecified atom stereocenters. The summed E-state index contributed by atoms with van der Waals surface area (Å²) in [6, 6.07) is 0. The van der Waals surface area contributed by atoms with Gasteiger partial charge in [-0.05, 0) is 34.5 Å². The van der Waals surface area contributed by atoms with Gasteiger partial charge in [0, 0.05) is 45.5 Å². The number of nitrogens with zero attached hydrogens (tertiary/aromatic N) is 6. The summed E-state index contributed by atoms with van der Waals surface area (Å²) in [7, 11) is 5.97. The topological polar surface area (TPSA) is 76.0 Å². The predicted octanol–water partition coefficient (Wildman–Crippen LogP) is -0.325. The fraction of sp³-hybridized carbons (Fsp3) is 0.722. The second kappa shape index (κ2) is 7.46. The average molecular weight is 362 g/mol. The van der Waals surface area contributed by atoms with E-state index in [1.807, 2.05) is 25.9 Å². The molecule has 26 heavy (non-hydrogen) atoms. The van der Waals surface area contributed by atoms with Gasteiger partial charge in [-0.3, -0.25) is 4.79 Å². The third-order valence-electron chi connectivity index (χ3n) is 5.21. The zero-order chi connectivity index (χ0) is 18.9. The van der Waals surface area contributed by atoms with Gasteiger partial charge in [0.25, 0.3) is 5.91 Å². The number of hydrogen-bond donors (Lipinski definition) is 1. The monoisotopic (exact) mass is 362 g/mol. The lowest BCUT2D eigenvalue weighted by atomic mass is 10.0. The molecule has 0 aromatic carbocycles. The fourth-order valence-electron chi connectivity index (χ4n) is 3.74. The number of aromatic nitrogens is 2. The molecule has 2 aliphatic heterocycles. The Morgan fingerprint density at radius 3 is 2.58 bits per heavy atom. The number of likely N-dealkylation sites (tertiary alicyclic amines) is 1. The van der Waals surface area contributed by atoms with Gasteiger partial charge < -0.3 is 24.7 Å². The Kier molecular flexibility index (Phi) is 5.45. The molecule has 1 amide bonds. The van der Waals surface area contributed by atoms with E-state index in [1.54, 1.807) is 11.1 Å². The molecule has 144 valence electrons. The molecule has 8 heteroatoms. The lowest BCUT2D eigenvalue weighted by molar-refractivity contribution is 0.0236. The highest BCUT2D eigenvalue weighted by atomic mass is 16.3. The van der Waals surface area contributed by atoms with Crippen LogP contribution >= 0.6 is 0 Å². The lowest BCUT2D eigenvalue weighted by Gasteiger charge is -2.32. The highest BCUT2D eigenvalue weighted by Crippen LogP contribution is 2.24. The van der Waals surface area contributed by atoms with E-state index in [1.165, 1.54) is 0 Å². The SMILES string of the molecule is Cc1nc(N2CCN(C)CC2)ncc1C(=O)N1CC[C@@](O)(CN(C)C)C1. The molecule has 0 saturated carbocycles. The van der Waals surface area contributed by atoms with Crippen LogP contribution < -0.4 is 4.90 Å². The number of carbonyl (C=O) groups excluding carboxylic acids is 1. The number of likely N-dealkylation sites (N-methyl/N-ethyl adjacent to an activating group) is 2. The van der Waals surface area contributed by atoms with Crippen LogP contribution in [-0.2, 0) is 0 Å². The van der Waals surface area contributed by atoms with Crippen molar-refractivity contribution in [1.29, 1.82) is 0 Å². The molecule has 2 fully saturated rings. The first-order valence-electron chi connectivity index (χ1n) is 9.21. The third-order valence-corrected chi connectivity index (χ3v) is 5.21. The van der Waals surface area contributed by atoms with Gasteiger partial charge in [-0.1, -0.05) is 0 Å². The van der Waals surface area contributed by atoms with Gasteiger partial charge in [-0.25, -0.2) is 9.97 Å². The molecule has 2 aliphatic rings. The molecule has 0 radical (unpaired) electrons. The molecule has 0 aliphatic carbocycles. The van der Waals surface area contributed by atoms with Crippen molar-refractivity contribution < 1.29 is 9.90 Å². The van der Waals surface area contributed by atoms with Gasteiger partial charge in [0.1, 0.15) is 0 Å². The first-order chi connectivity index (χ1) is 12.3. The first-order valence-corrected chi connectivity index (χ1v) is 9.21. The van der Waals surface area contributed by atoms with Crippen molar-refractivity contribution in [3.8, 4) is 0 Å². The number of β-amino-alcohol motifs (C(OH)–C–C–N with tert-alkyl or cyclic N) is 1. The number of aliphatic hydroxyl groups is 1. The van der Waals surface area contributed by atoms with Crippen LogP contribution in [0.25, 0.3) is 0 Å². The molecular formula is C18H30N6O2. The van der Waals surface area contributed by atoms with Crippen LogP contribution in [0.1, 0.15) is 22.5 Å². The van der Waals surface area contributed by atoms with Crippen molar-refractivity contribution in [2.45, 2.75) is 18.9 Å². The number of hydrogen-bond acceptors (Lipinski definition) is 7. The van der Waals surface area contributed by atoms with Gasteiger partial charge in [0.05, 0.1) is 23.4 Å². The summed E-state index contributed by atoms with van der Waals surface area (Å²) in [6.45, 7) is 7.08. The second-order valence-electron chi connectivity index (χ2n) is 7.90. The molecule has 0 spiro atoms. The molecule has 1 aromatic heterocycles. The Bertz CT molecular complexity index is 659. The highest BCUT2D eigenvalue weighted by molar-refractivity contribution is 5.95. The van der Waals surface area contributed by atoms with Crippen LogP contribution in [0.15, 0.2) is 6.20 Å². The summed E-state index contributed by atoms with van der Waals surface area (Å²) >= 11 is 0. The van der Waals surface area contributed by atoms with Crippen molar-refractivity contribution in [2.24, 2.45) is 0 Å². The van der Waals surface area contributed by atoms with Gasteiger partial charge in [-0.15, -0.1) is 0 Å². The van der Waals surface area contributed by atoms with E-state index >= 15 is 0 Å². The number of anilines is 1. The maximum Gasteiger partial charge on any atom is 0.257 e. The smallest absolute Gasteiger partial charge is 0.257 e. The summed E-state index contributed by atoms with van der Waals surface area (Å²) in [6.07, 6.45) is 2.23. The fourth-order valence-corrected chi connectivity index (χ4v) is 3.74. The van der Waals surface area contributed by atoms with Crippen LogP contribution in [-0.4, -0.2) is 108 Å². The number of amides is 1. The Morgan fingerprint density at radius 1 is 1.27 bits per heavy atom. The van der Waals surface area contributed by atoms with Crippen molar-refractivity contribution >= 4 is 11.9 Å². The quantitative estimate of drug-likeness (QED) is 0.786. The van der Waals surface area contributed by atoms with E-state index in [2.05, 4.69) is 26.8 Å². The standard InChI is InChI=1S/C18H30N6O2/c1-14-15(11-19-17(20-14)23-9-7-22(4)8-10-23)16(25)24-6-5-18(26,13-24)12-21(2)3/h11,26H,5-10,12-13H2,1-4H3/t18-/m1/s1. The second-order valence-corrected chi connectivity index (χ2v) is 7.90. The van der Waals surface area contributed by atoms with Crippen LogP contribution in [0, 0.1) is 6.92 Å². The summed E-state index contributed by atoms with van der Waals surface area (Å²) in [5.41, 5.74) is 0.382. The largest absolute Gasteiger partial charge is 0.387 e. The van der Waals surface area contributed by atoms with Gasteiger partial charge >= 0.3 is 0 Å². The minimum absolute atomic E-state index is 0.0953. The number of piperazine rings is 1. The summed E-state index contributed by atoms with van der Waals surface area (Å²) in [4.78, 5) is 30.0. The number of carbonyl (C=O) groups is 1. The lowest BCUT2D eigenvalue weighted by Crippen LogP contribution is -2.45. The zero-order valence-corrected chi connectivity index (χ0v) is 16.3. The average Bonchev–Trinajstić information content (AvgIpc) is 2.96. The maximum absolute atomic E-state index is 12.9. The van der Waals surface area contributed by atoms with E-state index in [4.69, 9.17) is 0 Å². The Morgan fingerprint density at radius 2 is 1.96 bits per heavy atom. The molecule has 3 rings (SSSR count). The molecule has 1 atom stereocenters. The highest BCUT2D eigenvalue weighted by Gasteiger charge is 2.39. The molecule has 1 N–H and O–H groups in total. The Labute approximate surface area is 155 Å². The molecule has 3 heterocycles. The number of rotatable bonds is 4. The summed E-state index contributed by atoms with van der Waals surface area (Å²) in [5, 5.41) is 10.7. The minimum atomic E-state index is -0.840. The molecule has 0 bridgehead atoms. The first kappa shape index (κ1) is 19.0. The molecule has 8 nitrogen and oxygen atoms in total. The summed E-state index contributed by atoms with van der Waals surface area (Å²) in [5.74, 6) is 0.597. The van der Waals surface area contributed by atoms with Crippen LogP contribution in [0.4, 0.5) is 5.95 Å². The maximum atomic E-state index is 12.9. The van der Waals surface area contributed by atoms with E-state index in [0.29, 0.717) is 43.3 Å². The van der Waals surface area contributed by atoms with Gasteiger partial charge in [-0.2, -0.15) is 0 Å². The van der Waals surface area contributed by atoms with E-state index in [0.717, 1.165) is 26.2 Å². The predicted molar refractivity (Wildman–Crippen MR) is 101 cm³/mol. The molecular weight excluding hydrogens is 332 g/mol. The van der Waals surface area contributed by atoms with E-state index in [-0.39, 0.29) is 5.91 Å². The Balaban J connectivity index is 1.69. The van der Waals surface area contributed by atoms with E-state index < -0.39 is 5.60 Å². The van der Waals surface area contributed by atoms with Crippen LogP contribution in [0.3, 0.4) is 0 Å². The third kappa shape index (κ3) is 4.13. The van der Waals surface area contributed by atoms with Crippen molar-refractivity contribution in [1.82, 2.24) is 24.7 Å². The molecule has 2 saturated heterocycles. The normalized spacial score (nSPS) is 24.5. The van der Waals surface area contributed by atoms with Crippen molar-refractivity contribution in [2.75, 3.05) is 71.9 Å². The van der Waals surface area contributed by atoms with Crippen molar-refractivity contribution in [3.63, 3.8) is 0 Å². The van der Waals surface area contributed by atoms with Gasteiger partial charge in [0.15, 0.2) is 0 Å². The van der Waals surface area contributed by atoms with Crippen molar-refractivity contribution in [3.05, 3.63) is 17.5 Å². The van der Waals surface area contributed by atoms with Crippen LogP contribution in [0.2, 0.25) is 0 Å². The Hall–Kier alpha value is -1.77. The zero-order valence-electron chi connectivity index (χ0n) is 16.3. The minimum Gasteiger partial charge on any atom is -0.387 e. The van der Waals surface area contributed by atoms with Gasteiger partial charge in [0.2, 0.25) is 5.95 Å². The number of aryl methyl sites for hydroxylation is 1. The molecule has 1 aromatic rings. The summed E-state index contributed by atoms with van der Waals surface area (Å²) < 4.78 is 0.